The topological polar surface area (TPSA) is 49.6 Å². The van der Waals surface area contributed by atoms with Gasteiger partial charge in [0.2, 0.25) is 5.91 Å². The first-order valence-corrected chi connectivity index (χ1v) is 8.02. The number of carbonyl (C=O) groups is 1. The third kappa shape index (κ3) is 4.04. The van der Waals surface area contributed by atoms with Crippen LogP contribution in [-0.2, 0) is 4.79 Å². The minimum atomic E-state index is 0. The van der Waals surface area contributed by atoms with Crippen molar-refractivity contribution in [3.63, 3.8) is 0 Å². The molecular formula is C15H29Cl2N3O. The molecule has 2 N–H and O–H groups in total. The van der Waals surface area contributed by atoms with E-state index in [9.17, 15) is 4.79 Å². The number of carbonyl (C=O) groups excluding carboxylic acids is 1. The molecule has 1 unspecified atom stereocenters. The van der Waals surface area contributed by atoms with Crippen LogP contribution >= 0.6 is 24.8 Å². The first-order chi connectivity index (χ1) is 9.29. The largest absolute Gasteiger partial charge is 0.340 e. The Hall–Kier alpha value is -0.0300. The van der Waals surface area contributed by atoms with Crippen molar-refractivity contribution in [2.45, 2.75) is 44.6 Å². The summed E-state index contributed by atoms with van der Waals surface area (Å²) in [5.74, 6) is 1.06. The molecule has 4 nitrogen and oxygen atoms in total. The third-order valence-electron chi connectivity index (χ3n) is 5.43. The van der Waals surface area contributed by atoms with E-state index in [4.69, 9.17) is 5.73 Å². The van der Waals surface area contributed by atoms with E-state index in [0.717, 1.165) is 32.5 Å². The lowest BCUT2D eigenvalue weighted by Gasteiger charge is -2.44. The second-order valence-electron chi connectivity index (χ2n) is 6.50. The van der Waals surface area contributed by atoms with E-state index in [-0.39, 0.29) is 30.7 Å². The van der Waals surface area contributed by atoms with Crippen molar-refractivity contribution in [3.8, 4) is 0 Å². The molecule has 0 aromatic heterocycles. The highest BCUT2D eigenvalue weighted by Gasteiger charge is 2.38. The zero-order chi connectivity index (χ0) is 13.2. The Bertz CT molecular complexity index is 343. The summed E-state index contributed by atoms with van der Waals surface area (Å²) in [5.41, 5.74) is 5.82. The van der Waals surface area contributed by atoms with Gasteiger partial charge in [-0.25, -0.2) is 0 Å². The van der Waals surface area contributed by atoms with Gasteiger partial charge in [-0.3, -0.25) is 9.69 Å². The molecule has 2 saturated heterocycles. The second-order valence-corrected chi connectivity index (χ2v) is 6.50. The highest BCUT2D eigenvalue weighted by atomic mass is 35.5. The van der Waals surface area contributed by atoms with E-state index in [2.05, 4.69) is 9.80 Å². The Morgan fingerprint density at radius 1 is 1.00 bits per heavy atom. The van der Waals surface area contributed by atoms with Gasteiger partial charge < -0.3 is 10.6 Å². The van der Waals surface area contributed by atoms with Crippen LogP contribution in [-0.4, -0.2) is 54.5 Å². The van der Waals surface area contributed by atoms with Crippen molar-refractivity contribution in [2.24, 2.45) is 17.6 Å². The molecule has 2 heterocycles. The van der Waals surface area contributed by atoms with Crippen LogP contribution in [0, 0.1) is 11.8 Å². The fraction of sp³-hybridized carbons (Fsp3) is 0.933. The molecule has 0 radical (unpaired) electrons. The summed E-state index contributed by atoms with van der Waals surface area (Å²) in [6, 6.07) is 0.629. The van der Waals surface area contributed by atoms with Crippen molar-refractivity contribution >= 4 is 30.7 Å². The quantitative estimate of drug-likeness (QED) is 0.837. The molecule has 124 valence electrons. The van der Waals surface area contributed by atoms with Crippen LogP contribution in [0.4, 0.5) is 0 Å². The van der Waals surface area contributed by atoms with Gasteiger partial charge in [-0.1, -0.05) is 12.8 Å². The Kier molecular flexibility index (Phi) is 7.75. The molecule has 3 atom stereocenters. The Labute approximate surface area is 140 Å². The molecule has 6 heteroatoms. The molecule has 1 aliphatic carbocycles. The average Bonchev–Trinajstić information content (AvgIpc) is 2.94. The number of piperidine rings is 1. The molecule has 1 amide bonds. The second kappa shape index (κ2) is 8.56. The summed E-state index contributed by atoms with van der Waals surface area (Å²) >= 11 is 0. The zero-order valence-corrected chi connectivity index (χ0v) is 14.3. The van der Waals surface area contributed by atoms with Crippen LogP contribution in [0.3, 0.4) is 0 Å². The summed E-state index contributed by atoms with van der Waals surface area (Å²) in [5, 5.41) is 0. The molecule has 0 aromatic rings. The van der Waals surface area contributed by atoms with E-state index in [1.54, 1.807) is 0 Å². The first kappa shape index (κ1) is 19.0. The molecule has 0 spiro atoms. The van der Waals surface area contributed by atoms with E-state index < -0.39 is 0 Å². The Morgan fingerprint density at radius 2 is 1.81 bits per heavy atom. The van der Waals surface area contributed by atoms with E-state index >= 15 is 0 Å². The number of hydrogen-bond acceptors (Lipinski definition) is 3. The number of nitrogens with zero attached hydrogens (tertiary/aromatic N) is 2. The summed E-state index contributed by atoms with van der Waals surface area (Å²) < 4.78 is 0. The number of hydrogen-bond donors (Lipinski definition) is 1. The van der Waals surface area contributed by atoms with Gasteiger partial charge in [-0.2, -0.15) is 0 Å². The van der Waals surface area contributed by atoms with Crippen LogP contribution < -0.4 is 5.73 Å². The first-order valence-electron chi connectivity index (χ1n) is 8.02. The van der Waals surface area contributed by atoms with Gasteiger partial charge in [-0.15, -0.1) is 24.8 Å². The number of nitrogens with two attached hydrogens (primary N) is 1. The molecule has 0 aromatic carbocycles. The van der Waals surface area contributed by atoms with Crippen LogP contribution in [0.1, 0.15) is 38.5 Å². The molecular weight excluding hydrogens is 309 g/mol. The van der Waals surface area contributed by atoms with E-state index in [1.165, 1.54) is 32.2 Å². The summed E-state index contributed by atoms with van der Waals surface area (Å²) in [4.78, 5) is 17.4. The number of halogens is 2. The SMILES string of the molecule is Cl.Cl.NC[C@H]1CCC[C@H]1C(=O)N1CCN2CCCCC2C1. The molecule has 3 rings (SSSR count). The van der Waals surface area contributed by atoms with Crippen molar-refractivity contribution in [1.82, 2.24) is 9.80 Å². The van der Waals surface area contributed by atoms with Gasteiger partial charge in [0, 0.05) is 31.6 Å². The lowest BCUT2D eigenvalue weighted by molar-refractivity contribution is -0.140. The number of rotatable bonds is 2. The van der Waals surface area contributed by atoms with Crippen LogP contribution in [0.2, 0.25) is 0 Å². The maximum atomic E-state index is 12.7. The standard InChI is InChI=1S/C15H27N3O.2ClH/c16-10-12-4-3-6-14(12)15(19)18-9-8-17-7-2-1-5-13(17)11-18;;/h12-14H,1-11,16H2;2*1H/t12-,13?,14-;;/m1../s1. The van der Waals surface area contributed by atoms with E-state index in [0.29, 0.717) is 24.4 Å². The summed E-state index contributed by atoms with van der Waals surface area (Å²) in [6.07, 6.45) is 7.33. The van der Waals surface area contributed by atoms with Gasteiger partial charge in [0.15, 0.2) is 0 Å². The molecule has 3 fully saturated rings. The van der Waals surface area contributed by atoms with Gasteiger partial charge in [0.1, 0.15) is 0 Å². The monoisotopic (exact) mass is 337 g/mol. The molecule has 0 bridgehead atoms. The van der Waals surface area contributed by atoms with Crippen molar-refractivity contribution < 1.29 is 4.79 Å². The maximum absolute atomic E-state index is 12.7. The predicted octanol–water partition coefficient (Wildman–Crippen LogP) is 1.90. The normalized spacial score (nSPS) is 32.8. The Balaban J connectivity index is 0.00000110. The number of piperazine rings is 1. The molecule has 2 aliphatic heterocycles. The van der Waals surface area contributed by atoms with Crippen LogP contribution in [0.15, 0.2) is 0 Å². The highest BCUT2D eigenvalue weighted by molar-refractivity contribution is 5.85. The fourth-order valence-electron chi connectivity index (χ4n) is 4.23. The molecule has 3 aliphatic rings. The predicted molar refractivity (Wildman–Crippen MR) is 90.2 cm³/mol. The zero-order valence-electron chi connectivity index (χ0n) is 12.7. The average molecular weight is 338 g/mol. The van der Waals surface area contributed by atoms with Crippen molar-refractivity contribution in [3.05, 3.63) is 0 Å². The number of amides is 1. The lowest BCUT2D eigenvalue weighted by atomic mass is 9.93. The van der Waals surface area contributed by atoms with Crippen molar-refractivity contribution in [1.29, 1.82) is 0 Å². The van der Waals surface area contributed by atoms with Crippen molar-refractivity contribution in [2.75, 3.05) is 32.7 Å². The smallest absolute Gasteiger partial charge is 0.226 e. The van der Waals surface area contributed by atoms with Gasteiger partial charge >= 0.3 is 0 Å². The minimum Gasteiger partial charge on any atom is -0.340 e. The maximum Gasteiger partial charge on any atom is 0.226 e. The summed E-state index contributed by atoms with van der Waals surface area (Å²) in [7, 11) is 0. The Morgan fingerprint density at radius 3 is 2.57 bits per heavy atom. The van der Waals surface area contributed by atoms with Crippen LogP contribution in [0.25, 0.3) is 0 Å². The van der Waals surface area contributed by atoms with Gasteiger partial charge in [-0.05, 0) is 44.7 Å². The lowest BCUT2D eigenvalue weighted by Crippen LogP contribution is -2.57. The van der Waals surface area contributed by atoms with Gasteiger partial charge in [0.25, 0.3) is 0 Å². The van der Waals surface area contributed by atoms with Gasteiger partial charge in [0.05, 0.1) is 0 Å². The fourth-order valence-corrected chi connectivity index (χ4v) is 4.23. The van der Waals surface area contributed by atoms with Crippen LogP contribution in [0.5, 0.6) is 0 Å². The minimum absolute atomic E-state index is 0. The molecule has 21 heavy (non-hydrogen) atoms. The van der Waals surface area contributed by atoms with E-state index in [1.807, 2.05) is 0 Å². The highest BCUT2D eigenvalue weighted by Crippen LogP contribution is 2.33. The number of fused-ring (bicyclic) bond motifs is 1. The third-order valence-corrected chi connectivity index (χ3v) is 5.43. The summed E-state index contributed by atoms with van der Waals surface area (Å²) in [6.45, 7) is 4.90. The molecule has 1 saturated carbocycles.